The molecule has 1 aliphatic heterocycles. The molecule has 16 heavy (non-hydrogen) atoms. The van der Waals surface area contributed by atoms with E-state index in [-0.39, 0.29) is 6.10 Å². The first-order valence-electron chi connectivity index (χ1n) is 5.97. The molecule has 0 aliphatic carbocycles. The van der Waals surface area contributed by atoms with Gasteiger partial charge in [-0.05, 0) is 25.0 Å². The topological polar surface area (TPSA) is 50.9 Å². The molecule has 1 saturated heterocycles. The summed E-state index contributed by atoms with van der Waals surface area (Å²) in [5, 5.41) is 14.7. The highest BCUT2D eigenvalue weighted by molar-refractivity contribution is 8.00. The molecule has 2 rings (SSSR count). The molecule has 0 spiro atoms. The van der Waals surface area contributed by atoms with Crippen LogP contribution in [0.2, 0.25) is 0 Å². The Morgan fingerprint density at radius 3 is 3.25 bits per heavy atom. The van der Waals surface area contributed by atoms with Gasteiger partial charge in [0.2, 0.25) is 0 Å². The Bertz CT molecular complexity index is 323. The molecule has 2 unspecified atom stereocenters. The lowest BCUT2D eigenvalue weighted by Gasteiger charge is -2.16. The van der Waals surface area contributed by atoms with Gasteiger partial charge >= 0.3 is 0 Å². The van der Waals surface area contributed by atoms with Crippen molar-refractivity contribution in [3.63, 3.8) is 0 Å². The summed E-state index contributed by atoms with van der Waals surface area (Å²) < 4.78 is 1.91. The van der Waals surface area contributed by atoms with E-state index in [1.165, 1.54) is 12.2 Å². The van der Waals surface area contributed by atoms with E-state index < -0.39 is 0 Å². The highest BCUT2D eigenvalue weighted by Gasteiger charge is 2.25. The molecule has 5 heteroatoms. The normalized spacial score (nSPS) is 22.5. The molecule has 90 valence electrons. The van der Waals surface area contributed by atoms with Gasteiger partial charge in [-0.25, -0.2) is 4.98 Å². The van der Waals surface area contributed by atoms with Crippen molar-refractivity contribution >= 4 is 11.8 Å². The van der Waals surface area contributed by atoms with Gasteiger partial charge in [-0.1, -0.05) is 6.92 Å². The first-order valence-corrected chi connectivity index (χ1v) is 7.02. The molecule has 1 aromatic heterocycles. The Hall–Kier alpha value is -0.550. The monoisotopic (exact) mass is 241 g/mol. The van der Waals surface area contributed by atoms with E-state index in [1.54, 1.807) is 6.33 Å². The van der Waals surface area contributed by atoms with Gasteiger partial charge < -0.3 is 5.11 Å². The van der Waals surface area contributed by atoms with Crippen molar-refractivity contribution < 1.29 is 5.11 Å². The summed E-state index contributed by atoms with van der Waals surface area (Å²) >= 11 is 1.88. The fourth-order valence-corrected chi connectivity index (χ4v) is 3.36. The fraction of sp³-hybridized carbons (Fsp3) is 0.818. The summed E-state index contributed by atoms with van der Waals surface area (Å²) in [6.45, 7) is 3.01. The van der Waals surface area contributed by atoms with Gasteiger partial charge in [0.1, 0.15) is 12.2 Å². The Kier molecular flexibility index (Phi) is 4.23. The quantitative estimate of drug-likeness (QED) is 0.848. The summed E-state index contributed by atoms with van der Waals surface area (Å²) in [6, 6.07) is 0. The van der Waals surface area contributed by atoms with Crippen molar-refractivity contribution in [3.8, 4) is 0 Å². The number of hydrogen-bond acceptors (Lipinski definition) is 4. The molecular formula is C11H19N3OS. The second kappa shape index (κ2) is 5.68. The predicted octanol–water partition coefficient (Wildman–Crippen LogP) is 1.49. The first kappa shape index (κ1) is 11.9. The minimum atomic E-state index is -0.271. The maximum Gasteiger partial charge on any atom is 0.138 e. The van der Waals surface area contributed by atoms with Crippen molar-refractivity contribution in [2.45, 2.75) is 50.5 Å². The van der Waals surface area contributed by atoms with Crippen LogP contribution in [-0.4, -0.2) is 37.0 Å². The summed E-state index contributed by atoms with van der Waals surface area (Å²) in [7, 11) is 0. The molecule has 1 aliphatic rings. The number of aryl methyl sites for hydroxylation is 1. The Labute approximate surface area is 100 Å². The summed E-state index contributed by atoms with van der Waals surface area (Å²) in [6.07, 6.45) is 5.36. The lowest BCUT2D eigenvalue weighted by Crippen LogP contribution is -2.25. The van der Waals surface area contributed by atoms with Gasteiger partial charge in [-0.15, -0.1) is 0 Å². The third-order valence-electron chi connectivity index (χ3n) is 2.92. The van der Waals surface area contributed by atoms with Crippen molar-refractivity contribution in [2.75, 3.05) is 5.75 Å². The number of thioether (sulfide) groups is 1. The van der Waals surface area contributed by atoms with Crippen LogP contribution in [0.15, 0.2) is 6.33 Å². The molecule has 0 aromatic carbocycles. The zero-order chi connectivity index (χ0) is 11.4. The predicted molar refractivity (Wildman–Crippen MR) is 65.5 cm³/mol. The van der Waals surface area contributed by atoms with Crippen LogP contribution in [0.25, 0.3) is 0 Å². The number of aliphatic hydroxyl groups is 1. The molecule has 0 radical (unpaired) electrons. The maximum absolute atomic E-state index is 10.1. The first-order chi connectivity index (χ1) is 7.81. The number of hydrogen-bond donors (Lipinski definition) is 1. The number of aliphatic hydroxyl groups excluding tert-OH is 1. The molecule has 1 fully saturated rings. The van der Waals surface area contributed by atoms with E-state index in [4.69, 9.17) is 0 Å². The zero-order valence-electron chi connectivity index (χ0n) is 9.67. The molecular weight excluding hydrogens is 222 g/mol. The van der Waals surface area contributed by atoms with E-state index in [0.29, 0.717) is 11.7 Å². The average Bonchev–Trinajstić information content (AvgIpc) is 2.90. The van der Waals surface area contributed by atoms with Crippen LogP contribution in [0.3, 0.4) is 0 Å². The lowest BCUT2D eigenvalue weighted by molar-refractivity contribution is 0.166. The van der Waals surface area contributed by atoms with Crippen LogP contribution < -0.4 is 0 Å². The molecule has 2 atom stereocenters. The summed E-state index contributed by atoms with van der Waals surface area (Å²) in [5.74, 6) is 2.10. The lowest BCUT2D eigenvalue weighted by atomic mass is 10.1. The van der Waals surface area contributed by atoms with Crippen LogP contribution in [0.4, 0.5) is 0 Å². The van der Waals surface area contributed by atoms with Gasteiger partial charge in [-0.2, -0.15) is 16.9 Å². The number of aromatic nitrogens is 3. The third-order valence-corrected chi connectivity index (χ3v) is 4.42. The number of nitrogens with zero attached hydrogens (tertiary/aromatic N) is 3. The molecule has 4 nitrogen and oxygen atoms in total. The van der Waals surface area contributed by atoms with Crippen LogP contribution >= 0.6 is 11.8 Å². The smallest absolute Gasteiger partial charge is 0.138 e. The highest BCUT2D eigenvalue weighted by atomic mass is 32.2. The van der Waals surface area contributed by atoms with E-state index in [9.17, 15) is 5.11 Å². The van der Waals surface area contributed by atoms with Crippen LogP contribution in [-0.2, 0) is 13.0 Å². The van der Waals surface area contributed by atoms with Crippen LogP contribution in [0.1, 0.15) is 32.0 Å². The third kappa shape index (κ3) is 2.77. The summed E-state index contributed by atoms with van der Waals surface area (Å²) in [4.78, 5) is 4.23. The summed E-state index contributed by atoms with van der Waals surface area (Å²) in [5.41, 5.74) is 0. The molecule has 0 bridgehead atoms. The second-order valence-corrected chi connectivity index (χ2v) is 5.57. The van der Waals surface area contributed by atoms with Crippen LogP contribution in [0.5, 0.6) is 0 Å². The zero-order valence-corrected chi connectivity index (χ0v) is 10.5. The Morgan fingerprint density at radius 1 is 1.69 bits per heavy atom. The van der Waals surface area contributed by atoms with E-state index in [1.807, 2.05) is 16.4 Å². The van der Waals surface area contributed by atoms with Crippen molar-refractivity contribution in [3.05, 3.63) is 12.2 Å². The highest BCUT2D eigenvalue weighted by Crippen LogP contribution is 2.29. The minimum absolute atomic E-state index is 0.271. The van der Waals surface area contributed by atoms with Gasteiger partial charge in [0.15, 0.2) is 0 Å². The minimum Gasteiger partial charge on any atom is -0.392 e. The fourth-order valence-electron chi connectivity index (χ4n) is 2.07. The molecule has 1 aromatic rings. The van der Waals surface area contributed by atoms with Crippen molar-refractivity contribution in [1.82, 2.24) is 14.8 Å². The van der Waals surface area contributed by atoms with Crippen molar-refractivity contribution in [2.24, 2.45) is 0 Å². The van der Waals surface area contributed by atoms with E-state index in [2.05, 4.69) is 17.0 Å². The molecule has 0 saturated carbocycles. The molecule has 0 amide bonds. The van der Waals surface area contributed by atoms with Gasteiger partial charge in [0.25, 0.3) is 0 Å². The molecule has 1 N–H and O–H groups in total. The Morgan fingerprint density at radius 2 is 2.56 bits per heavy atom. The Balaban J connectivity index is 1.94. The largest absolute Gasteiger partial charge is 0.392 e. The van der Waals surface area contributed by atoms with Crippen molar-refractivity contribution in [1.29, 1.82) is 0 Å². The average molecular weight is 241 g/mol. The van der Waals surface area contributed by atoms with Gasteiger partial charge in [0.05, 0.1) is 6.10 Å². The van der Waals surface area contributed by atoms with E-state index >= 15 is 0 Å². The number of rotatable bonds is 5. The standard InChI is InChI=1S/C11H19N3OS/c1-2-5-14-11(12-8-13-14)7-9(15)10-4-3-6-16-10/h8-10,15H,2-7H2,1H3. The van der Waals surface area contributed by atoms with Gasteiger partial charge in [-0.3, -0.25) is 4.68 Å². The van der Waals surface area contributed by atoms with Crippen LogP contribution in [0, 0.1) is 0 Å². The SMILES string of the molecule is CCCn1ncnc1CC(O)C1CCCS1. The van der Waals surface area contributed by atoms with E-state index in [0.717, 1.165) is 25.2 Å². The second-order valence-electron chi connectivity index (χ2n) is 4.22. The maximum atomic E-state index is 10.1. The van der Waals surface area contributed by atoms with Gasteiger partial charge in [0, 0.05) is 18.2 Å². The molecule has 2 heterocycles.